The van der Waals surface area contributed by atoms with Crippen molar-refractivity contribution in [3.8, 4) is 0 Å². The van der Waals surface area contributed by atoms with E-state index in [0.29, 0.717) is 12.6 Å². The summed E-state index contributed by atoms with van der Waals surface area (Å²) in [6, 6.07) is 2.30. The molecule has 116 valence electrons. The average Bonchev–Trinajstić information content (AvgIpc) is 2.55. The van der Waals surface area contributed by atoms with E-state index in [-0.39, 0.29) is 5.56 Å². The molecule has 0 aromatic carbocycles. The molecule has 3 rings (SSSR count). The SMILES string of the molecule is Cn1cncc(CN2CCC(Nc3ccncn3)CC2)c1=O. The fourth-order valence-corrected chi connectivity index (χ4v) is 2.73. The lowest BCUT2D eigenvalue weighted by molar-refractivity contribution is 0.210. The summed E-state index contributed by atoms with van der Waals surface area (Å²) in [7, 11) is 1.73. The quantitative estimate of drug-likeness (QED) is 0.893. The normalized spacial score (nSPS) is 16.6. The third-order valence-electron chi connectivity index (χ3n) is 3.98. The van der Waals surface area contributed by atoms with E-state index < -0.39 is 0 Å². The number of hydrogen-bond donors (Lipinski definition) is 1. The molecule has 22 heavy (non-hydrogen) atoms. The summed E-state index contributed by atoms with van der Waals surface area (Å²) in [6.07, 6.45) is 8.57. The van der Waals surface area contributed by atoms with Crippen LogP contribution in [0.2, 0.25) is 0 Å². The second-order valence-electron chi connectivity index (χ2n) is 5.62. The minimum absolute atomic E-state index is 0.0382. The zero-order chi connectivity index (χ0) is 15.4. The minimum atomic E-state index is 0.0382. The van der Waals surface area contributed by atoms with Crippen LogP contribution in [0.15, 0.2) is 35.9 Å². The number of hydrogen-bond acceptors (Lipinski definition) is 6. The van der Waals surface area contributed by atoms with Gasteiger partial charge in [0, 0.05) is 50.7 Å². The first-order valence-electron chi connectivity index (χ1n) is 7.47. The molecule has 1 saturated heterocycles. The van der Waals surface area contributed by atoms with Crippen LogP contribution in [0.5, 0.6) is 0 Å². The lowest BCUT2D eigenvalue weighted by Gasteiger charge is -2.32. The Kier molecular flexibility index (Phi) is 4.43. The number of nitrogens with one attached hydrogen (secondary N) is 1. The summed E-state index contributed by atoms with van der Waals surface area (Å²) in [4.78, 5) is 26.5. The first kappa shape index (κ1) is 14.6. The Morgan fingerprint density at radius 1 is 1.32 bits per heavy atom. The van der Waals surface area contributed by atoms with Gasteiger partial charge in [-0.3, -0.25) is 9.69 Å². The van der Waals surface area contributed by atoms with Gasteiger partial charge in [0.05, 0.1) is 6.33 Å². The summed E-state index contributed by atoms with van der Waals surface area (Å²) in [5.74, 6) is 0.870. The van der Waals surface area contributed by atoms with E-state index in [1.54, 1.807) is 32.1 Å². The Labute approximate surface area is 129 Å². The van der Waals surface area contributed by atoms with Gasteiger partial charge in [-0.1, -0.05) is 0 Å². The molecule has 1 fully saturated rings. The van der Waals surface area contributed by atoms with Crippen molar-refractivity contribution >= 4 is 5.82 Å². The number of aromatic nitrogens is 4. The van der Waals surface area contributed by atoms with Gasteiger partial charge in [0.15, 0.2) is 0 Å². The molecule has 7 nitrogen and oxygen atoms in total. The van der Waals surface area contributed by atoms with Crippen LogP contribution >= 0.6 is 0 Å². The summed E-state index contributed by atoms with van der Waals surface area (Å²) < 4.78 is 1.53. The standard InChI is InChI=1S/C15H20N6O/c1-20-11-17-8-12(15(20)22)9-21-6-3-13(4-7-21)19-14-2-5-16-10-18-14/h2,5,8,10-11,13H,3-4,6-7,9H2,1H3,(H,16,18,19). The van der Waals surface area contributed by atoms with Gasteiger partial charge in [-0.25, -0.2) is 15.0 Å². The molecule has 0 spiro atoms. The van der Waals surface area contributed by atoms with Crippen molar-refractivity contribution in [2.75, 3.05) is 18.4 Å². The van der Waals surface area contributed by atoms with E-state index in [9.17, 15) is 4.79 Å². The molecule has 1 aliphatic heterocycles. The molecule has 0 amide bonds. The fourth-order valence-electron chi connectivity index (χ4n) is 2.73. The highest BCUT2D eigenvalue weighted by Gasteiger charge is 2.20. The van der Waals surface area contributed by atoms with Crippen molar-refractivity contribution in [3.63, 3.8) is 0 Å². The van der Waals surface area contributed by atoms with Gasteiger partial charge in [0.25, 0.3) is 5.56 Å². The maximum absolute atomic E-state index is 12.0. The first-order valence-corrected chi connectivity index (χ1v) is 7.47. The molecule has 0 bridgehead atoms. The van der Waals surface area contributed by atoms with Gasteiger partial charge >= 0.3 is 0 Å². The van der Waals surface area contributed by atoms with Crippen molar-refractivity contribution in [2.45, 2.75) is 25.4 Å². The molecule has 7 heteroatoms. The van der Waals surface area contributed by atoms with E-state index in [4.69, 9.17) is 0 Å². The third kappa shape index (κ3) is 3.48. The molecular formula is C15H20N6O. The predicted molar refractivity (Wildman–Crippen MR) is 83.4 cm³/mol. The Morgan fingerprint density at radius 3 is 2.86 bits per heavy atom. The minimum Gasteiger partial charge on any atom is -0.367 e. The van der Waals surface area contributed by atoms with Crippen LogP contribution < -0.4 is 10.9 Å². The average molecular weight is 300 g/mol. The van der Waals surface area contributed by atoms with Crippen LogP contribution in [0.1, 0.15) is 18.4 Å². The molecule has 0 saturated carbocycles. The second kappa shape index (κ2) is 6.65. The smallest absolute Gasteiger partial charge is 0.257 e. The number of aryl methyl sites for hydroxylation is 1. The molecule has 1 aliphatic rings. The van der Waals surface area contributed by atoms with Crippen LogP contribution in [0.4, 0.5) is 5.82 Å². The molecule has 0 unspecified atom stereocenters. The molecule has 0 atom stereocenters. The van der Waals surface area contributed by atoms with E-state index in [1.807, 2.05) is 6.07 Å². The maximum atomic E-state index is 12.0. The number of anilines is 1. The van der Waals surface area contributed by atoms with E-state index in [1.165, 1.54) is 4.57 Å². The third-order valence-corrected chi connectivity index (χ3v) is 3.98. The number of likely N-dealkylation sites (tertiary alicyclic amines) is 1. The Balaban J connectivity index is 1.54. The fraction of sp³-hybridized carbons (Fsp3) is 0.467. The first-order chi connectivity index (χ1) is 10.7. The van der Waals surface area contributed by atoms with Gasteiger partial charge in [-0.15, -0.1) is 0 Å². The molecule has 2 aromatic rings. The lowest BCUT2D eigenvalue weighted by Crippen LogP contribution is -2.40. The highest BCUT2D eigenvalue weighted by atomic mass is 16.1. The Bertz CT molecular complexity index is 663. The van der Waals surface area contributed by atoms with Gasteiger partial charge < -0.3 is 9.88 Å². The van der Waals surface area contributed by atoms with Crippen molar-refractivity contribution in [1.82, 2.24) is 24.4 Å². The molecular weight excluding hydrogens is 280 g/mol. The monoisotopic (exact) mass is 300 g/mol. The summed E-state index contributed by atoms with van der Waals surface area (Å²) in [5.41, 5.74) is 0.795. The number of piperidine rings is 1. The van der Waals surface area contributed by atoms with Gasteiger partial charge in [0.1, 0.15) is 12.1 Å². The molecule has 0 aliphatic carbocycles. The van der Waals surface area contributed by atoms with Crippen LogP contribution in [0.25, 0.3) is 0 Å². The van der Waals surface area contributed by atoms with E-state index >= 15 is 0 Å². The molecule has 0 radical (unpaired) electrons. The Hall–Kier alpha value is -2.28. The number of nitrogens with zero attached hydrogens (tertiary/aromatic N) is 5. The summed E-state index contributed by atoms with van der Waals surface area (Å²) >= 11 is 0. The maximum Gasteiger partial charge on any atom is 0.257 e. The van der Waals surface area contributed by atoms with E-state index in [0.717, 1.165) is 37.3 Å². The van der Waals surface area contributed by atoms with Crippen LogP contribution in [-0.4, -0.2) is 43.6 Å². The van der Waals surface area contributed by atoms with Crippen molar-refractivity contribution < 1.29 is 0 Å². The molecule has 3 heterocycles. The van der Waals surface area contributed by atoms with Gasteiger partial charge in [0.2, 0.25) is 0 Å². The van der Waals surface area contributed by atoms with Crippen LogP contribution in [0.3, 0.4) is 0 Å². The zero-order valence-corrected chi connectivity index (χ0v) is 12.6. The van der Waals surface area contributed by atoms with E-state index in [2.05, 4.69) is 25.2 Å². The largest absolute Gasteiger partial charge is 0.367 e. The van der Waals surface area contributed by atoms with Crippen LogP contribution in [0, 0.1) is 0 Å². The molecule has 2 aromatic heterocycles. The van der Waals surface area contributed by atoms with Crippen molar-refractivity contribution in [3.05, 3.63) is 47.0 Å². The topological polar surface area (TPSA) is 75.9 Å². The highest BCUT2D eigenvalue weighted by Crippen LogP contribution is 2.15. The predicted octanol–water partition coefficient (Wildman–Crippen LogP) is 0.647. The van der Waals surface area contributed by atoms with Crippen molar-refractivity contribution in [2.24, 2.45) is 7.05 Å². The second-order valence-corrected chi connectivity index (χ2v) is 5.62. The van der Waals surface area contributed by atoms with Crippen molar-refractivity contribution in [1.29, 1.82) is 0 Å². The Morgan fingerprint density at radius 2 is 2.14 bits per heavy atom. The number of rotatable bonds is 4. The summed E-state index contributed by atoms with van der Waals surface area (Å²) in [5, 5.41) is 3.43. The van der Waals surface area contributed by atoms with Gasteiger partial charge in [-0.2, -0.15) is 0 Å². The summed E-state index contributed by atoms with van der Waals surface area (Å²) in [6.45, 7) is 2.59. The molecule has 1 N–H and O–H groups in total. The highest BCUT2D eigenvalue weighted by molar-refractivity contribution is 5.33. The van der Waals surface area contributed by atoms with Crippen LogP contribution in [-0.2, 0) is 13.6 Å². The lowest BCUT2D eigenvalue weighted by atomic mass is 10.0. The zero-order valence-electron chi connectivity index (χ0n) is 12.6. The van der Waals surface area contributed by atoms with Gasteiger partial charge in [-0.05, 0) is 18.9 Å².